The highest BCUT2D eigenvalue weighted by Gasteiger charge is 2.18. The van der Waals surface area contributed by atoms with E-state index >= 15 is 0 Å². The van der Waals surface area contributed by atoms with Crippen LogP contribution in [0.1, 0.15) is 27.2 Å². The van der Waals surface area contributed by atoms with Crippen molar-refractivity contribution in [2.75, 3.05) is 6.61 Å². The Labute approximate surface area is 162 Å². The molecule has 134 valence electrons. The smallest absolute Gasteiger partial charge is 0.215 e. The summed E-state index contributed by atoms with van der Waals surface area (Å²) in [5, 5.41) is 5.60. The molecule has 1 aromatic heterocycles. The number of carbonyl (C=O) groups is 1. The van der Waals surface area contributed by atoms with E-state index in [9.17, 15) is 4.79 Å². The van der Waals surface area contributed by atoms with E-state index in [-0.39, 0.29) is 12.4 Å². The highest BCUT2D eigenvalue weighted by atomic mass is 35.5. The second-order valence-electron chi connectivity index (χ2n) is 5.98. The highest BCUT2D eigenvalue weighted by Crippen LogP contribution is 2.29. The van der Waals surface area contributed by atoms with Crippen LogP contribution in [0.15, 0.2) is 48.5 Å². The van der Waals surface area contributed by atoms with Crippen molar-refractivity contribution in [2.45, 2.75) is 13.3 Å². The topological polar surface area (TPSA) is 44.1 Å². The van der Waals surface area contributed by atoms with Crippen LogP contribution in [0.3, 0.4) is 0 Å². The zero-order valence-electron chi connectivity index (χ0n) is 14.5. The van der Waals surface area contributed by atoms with Crippen molar-refractivity contribution in [3.63, 3.8) is 0 Å². The van der Waals surface area contributed by atoms with Crippen LogP contribution in [-0.2, 0) is 13.5 Å². The fourth-order valence-corrected chi connectivity index (χ4v) is 3.24. The third-order valence-electron chi connectivity index (χ3n) is 4.11. The Bertz CT molecular complexity index is 936. The number of hydrogen-bond donors (Lipinski definition) is 0. The van der Waals surface area contributed by atoms with E-state index in [1.54, 1.807) is 36.0 Å². The molecule has 0 bridgehead atoms. The Kier molecular flexibility index (Phi) is 5.64. The third kappa shape index (κ3) is 4.09. The second-order valence-corrected chi connectivity index (χ2v) is 6.83. The van der Waals surface area contributed by atoms with Crippen molar-refractivity contribution >= 4 is 29.0 Å². The molecule has 0 atom stereocenters. The normalized spacial score (nSPS) is 10.8. The molecular formula is C20H18Cl2N2O2. The summed E-state index contributed by atoms with van der Waals surface area (Å²) in [6, 6.07) is 14.5. The summed E-state index contributed by atoms with van der Waals surface area (Å²) in [7, 11) is 1.79. The Morgan fingerprint density at radius 3 is 2.58 bits per heavy atom. The van der Waals surface area contributed by atoms with Gasteiger partial charge in [-0.1, -0.05) is 59.6 Å². The summed E-state index contributed by atoms with van der Waals surface area (Å²) < 4.78 is 7.47. The molecule has 0 saturated carbocycles. The maximum Gasteiger partial charge on any atom is 0.215 e. The van der Waals surface area contributed by atoms with Gasteiger partial charge in [-0.2, -0.15) is 5.10 Å². The molecule has 0 amide bonds. The van der Waals surface area contributed by atoms with Gasteiger partial charge in [0.2, 0.25) is 5.88 Å². The summed E-state index contributed by atoms with van der Waals surface area (Å²) in [5.74, 6) is 0.484. The molecule has 0 spiro atoms. The molecule has 2 aromatic carbocycles. The molecule has 0 aliphatic carbocycles. The predicted molar refractivity (Wildman–Crippen MR) is 103 cm³/mol. The average Bonchev–Trinajstić information content (AvgIpc) is 2.89. The van der Waals surface area contributed by atoms with Gasteiger partial charge >= 0.3 is 0 Å². The molecule has 26 heavy (non-hydrogen) atoms. The number of ether oxygens (including phenoxy) is 1. The first-order chi connectivity index (χ1) is 12.5. The standard InChI is InChI=1S/C20H18Cl2N2O2/c1-13-17(10-15-8-9-16(21)11-18(15)22)20(24(2)23-13)26-12-19(25)14-6-4-3-5-7-14/h3-9,11H,10,12H2,1-2H3. The van der Waals surface area contributed by atoms with Crippen LogP contribution in [0.2, 0.25) is 10.0 Å². The Balaban J connectivity index is 1.81. The van der Waals surface area contributed by atoms with Crippen LogP contribution >= 0.6 is 23.2 Å². The lowest BCUT2D eigenvalue weighted by atomic mass is 10.1. The molecule has 6 heteroatoms. The van der Waals surface area contributed by atoms with Crippen molar-refractivity contribution in [1.82, 2.24) is 9.78 Å². The van der Waals surface area contributed by atoms with Crippen LogP contribution in [0, 0.1) is 6.92 Å². The summed E-state index contributed by atoms with van der Waals surface area (Å²) in [6.45, 7) is 1.86. The Morgan fingerprint density at radius 1 is 1.15 bits per heavy atom. The zero-order valence-corrected chi connectivity index (χ0v) is 16.0. The van der Waals surface area contributed by atoms with E-state index in [1.807, 2.05) is 31.2 Å². The number of aromatic nitrogens is 2. The van der Waals surface area contributed by atoms with Crippen LogP contribution in [-0.4, -0.2) is 22.2 Å². The molecule has 0 fully saturated rings. The summed E-state index contributed by atoms with van der Waals surface area (Å²) in [5.41, 5.74) is 3.28. The number of nitrogens with zero attached hydrogens (tertiary/aromatic N) is 2. The summed E-state index contributed by atoms with van der Waals surface area (Å²) in [6.07, 6.45) is 0.546. The molecule has 0 radical (unpaired) electrons. The van der Waals surface area contributed by atoms with Gasteiger partial charge in [0, 0.05) is 34.6 Å². The fourth-order valence-electron chi connectivity index (χ4n) is 2.76. The first kappa shape index (κ1) is 18.5. The number of Topliss-reactive ketones (excluding diaryl/α,β-unsaturated/α-hetero) is 1. The quantitative estimate of drug-likeness (QED) is 0.564. The van der Waals surface area contributed by atoms with Gasteiger partial charge in [-0.3, -0.25) is 4.79 Å². The van der Waals surface area contributed by atoms with Gasteiger partial charge in [0.1, 0.15) is 0 Å². The molecule has 4 nitrogen and oxygen atoms in total. The van der Waals surface area contributed by atoms with Gasteiger partial charge in [-0.25, -0.2) is 4.68 Å². The summed E-state index contributed by atoms with van der Waals surface area (Å²) in [4.78, 5) is 12.3. The second kappa shape index (κ2) is 7.94. The van der Waals surface area contributed by atoms with Gasteiger partial charge in [0.05, 0.1) is 5.69 Å². The van der Waals surface area contributed by atoms with Crippen LogP contribution in [0.5, 0.6) is 5.88 Å². The van der Waals surface area contributed by atoms with E-state index < -0.39 is 0 Å². The minimum Gasteiger partial charge on any atom is -0.469 e. The molecule has 0 saturated heterocycles. The average molecular weight is 389 g/mol. The first-order valence-electron chi connectivity index (χ1n) is 8.13. The van der Waals surface area contributed by atoms with E-state index in [0.29, 0.717) is 27.9 Å². The van der Waals surface area contributed by atoms with Crippen molar-refractivity contribution in [3.05, 3.63) is 81.0 Å². The summed E-state index contributed by atoms with van der Waals surface area (Å²) >= 11 is 12.3. The lowest BCUT2D eigenvalue weighted by Gasteiger charge is -2.10. The van der Waals surface area contributed by atoms with E-state index in [4.69, 9.17) is 27.9 Å². The molecule has 3 rings (SSSR count). The Morgan fingerprint density at radius 2 is 1.88 bits per heavy atom. The maximum absolute atomic E-state index is 12.3. The van der Waals surface area contributed by atoms with Gasteiger partial charge < -0.3 is 4.74 Å². The third-order valence-corrected chi connectivity index (χ3v) is 4.69. The fraction of sp³-hybridized carbons (Fsp3) is 0.200. The lowest BCUT2D eigenvalue weighted by molar-refractivity contribution is 0.0914. The van der Waals surface area contributed by atoms with E-state index in [1.165, 1.54) is 0 Å². The number of halogens is 2. The molecule has 0 unspecified atom stereocenters. The van der Waals surface area contributed by atoms with Crippen LogP contribution < -0.4 is 4.74 Å². The highest BCUT2D eigenvalue weighted by molar-refractivity contribution is 6.35. The number of ketones is 1. The van der Waals surface area contributed by atoms with Crippen LogP contribution in [0.4, 0.5) is 0 Å². The molecule has 0 aliphatic rings. The van der Waals surface area contributed by atoms with Gasteiger partial charge in [0.15, 0.2) is 12.4 Å². The lowest BCUT2D eigenvalue weighted by Crippen LogP contribution is -2.14. The number of aryl methyl sites for hydroxylation is 2. The zero-order chi connectivity index (χ0) is 18.7. The number of hydrogen-bond acceptors (Lipinski definition) is 3. The largest absolute Gasteiger partial charge is 0.469 e. The molecular weight excluding hydrogens is 371 g/mol. The Hall–Kier alpha value is -2.30. The number of rotatable bonds is 6. The van der Waals surface area contributed by atoms with Gasteiger partial charge in [-0.15, -0.1) is 0 Å². The van der Waals surface area contributed by atoms with Crippen molar-refractivity contribution in [1.29, 1.82) is 0 Å². The molecule has 0 aliphatic heterocycles. The van der Waals surface area contributed by atoms with Gasteiger partial charge in [-0.05, 0) is 24.6 Å². The number of benzene rings is 2. The SMILES string of the molecule is Cc1nn(C)c(OCC(=O)c2ccccc2)c1Cc1ccc(Cl)cc1Cl. The predicted octanol–water partition coefficient (Wildman–Crippen LogP) is 4.89. The maximum atomic E-state index is 12.3. The van der Waals surface area contributed by atoms with Crippen molar-refractivity contribution in [3.8, 4) is 5.88 Å². The van der Waals surface area contributed by atoms with Crippen molar-refractivity contribution < 1.29 is 9.53 Å². The van der Waals surface area contributed by atoms with Crippen LogP contribution in [0.25, 0.3) is 0 Å². The van der Waals surface area contributed by atoms with E-state index in [2.05, 4.69) is 5.10 Å². The van der Waals surface area contributed by atoms with E-state index in [0.717, 1.165) is 16.8 Å². The first-order valence-corrected chi connectivity index (χ1v) is 8.88. The molecule has 1 heterocycles. The monoisotopic (exact) mass is 388 g/mol. The van der Waals surface area contributed by atoms with Crippen molar-refractivity contribution in [2.24, 2.45) is 7.05 Å². The minimum atomic E-state index is -0.0834. The molecule has 3 aromatic rings. The minimum absolute atomic E-state index is 0.0513. The van der Waals surface area contributed by atoms with Gasteiger partial charge in [0.25, 0.3) is 0 Å². The number of carbonyl (C=O) groups excluding carboxylic acids is 1. The molecule has 0 N–H and O–H groups in total.